The predicted octanol–water partition coefficient (Wildman–Crippen LogP) is 3.79. The number of alkyl halides is 1. The molecule has 1 aromatic carbocycles. The number of nitrogens with zero attached hydrogens (tertiary/aromatic N) is 2. The summed E-state index contributed by atoms with van der Waals surface area (Å²) < 4.78 is 0. The molecule has 2 nitrogen and oxygen atoms in total. The maximum absolute atomic E-state index is 3.55. The molecule has 1 aliphatic heterocycles. The average molecular weight is 339 g/mol. The van der Waals surface area contributed by atoms with E-state index in [2.05, 4.69) is 70.0 Å². The van der Waals surface area contributed by atoms with Crippen molar-refractivity contribution in [3.05, 3.63) is 35.9 Å². The van der Waals surface area contributed by atoms with E-state index in [1.807, 2.05) is 0 Å². The molecule has 0 N–H and O–H groups in total. The van der Waals surface area contributed by atoms with Crippen molar-refractivity contribution < 1.29 is 0 Å². The summed E-state index contributed by atoms with van der Waals surface area (Å²) in [5.74, 6) is 0.811. The molecule has 0 radical (unpaired) electrons. The van der Waals surface area contributed by atoms with E-state index in [9.17, 15) is 0 Å². The molecule has 0 aromatic heterocycles. The lowest BCUT2D eigenvalue weighted by Crippen LogP contribution is -2.47. The highest BCUT2D eigenvalue weighted by Crippen LogP contribution is 2.25. The fourth-order valence-electron chi connectivity index (χ4n) is 2.93. The minimum absolute atomic E-state index is 0.561. The van der Waals surface area contributed by atoms with Crippen LogP contribution in [-0.4, -0.2) is 48.4 Å². The van der Waals surface area contributed by atoms with E-state index in [1.54, 1.807) is 0 Å². The molecule has 1 fully saturated rings. The van der Waals surface area contributed by atoms with Gasteiger partial charge < -0.3 is 4.90 Å². The third-order valence-electron chi connectivity index (χ3n) is 4.39. The second-order valence-corrected chi connectivity index (χ2v) is 6.89. The molecule has 1 aliphatic rings. The van der Waals surface area contributed by atoms with E-state index in [-0.39, 0.29) is 0 Å². The van der Waals surface area contributed by atoms with Crippen molar-refractivity contribution in [3.8, 4) is 0 Å². The zero-order chi connectivity index (χ0) is 14.4. The van der Waals surface area contributed by atoms with Crippen LogP contribution in [0.3, 0.4) is 0 Å². The van der Waals surface area contributed by atoms with Crippen molar-refractivity contribution >= 4 is 15.9 Å². The Morgan fingerprint density at radius 1 is 1.20 bits per heavy atom. The molecule has 0 bridgehead atoms. The number of benzene rings is 1. The van der Waals surface area contributed by atoms with Crippen LogP contribution in [0.5, 0.6) is 0 Å². The molecule has 1 aromatic rings. The minimum Gasteiger partial charge on any atom is -0.303 e. The van der Waals surface area contributed by atoms with Crippen molar-refractivity contribution in [1.82, 2.24) is 9.80 Å². The van der Waals surface area contributed by atoms with Gasteiger partial charge in [-0.05, 0) is 37.9 Å². The van der Waals surface area contributed by atoms with Crippen LogP contribution in [0, 0.1) is 5.92 Å². The van der Waals surface area contributed by atoms with Gasteiger partial charge in [-0.25, -0.2) is 0 Å². The third kappa shape index (κ3) is 4.57. The Morgan fingerprint density at radius 3 is 2.65 bits per heavy atom. The largest absolute Gasteiger partial charge is 0.303 e. The molecule has 0 amide bonds. The second-order valence-electron chi connectivity index (χ2n) is 6.10. The van der Waals surface area contributed by atoms with E-state index in [0.29, 0.717) is 6.04 Å². The SMILES string of the molecule is CC(CCBr)CCN1CCN(C)CC1c1ccccc1. The Hall–Kier alpha value is -0.380. The number of likely N-dealkylation sites (N-methyl/N-ethyl adjacent to an activating group) is 1. The summed E-state index contributed by atoms with van der Waals surface area (Å²) in [7, 11) is 2.24. The van der Waals surface area contributed by atoms with Crippen molar-refractivity contribution in [1.29, 1.82) is 0 Å². The molecule has 0 aliphatic carbocycles. The lowest BCUT2D eigenvalue weighted by Gasteiger charge is -2.40. The summed E-state index contributed by atoms with van der Waals surface area (Å²) >= 11 is 3.55. The van der Waals surface area contributed by atoms with E-state index in [4.69, 9.17) is 0 Å². The standard InChI is InChI=1S/C17H27BrN2/c1-15(8-10-18)9-11-20-13-12-19(2)14-17(20)16-6-4-3-5-7-16/h3-7,15,17H,8-14H2,1-2H3. The van der Waals surface area contributed by atoms with Gasteiger partial charge in [0.1, 0.15) is 0 Å². The van der Waals surface area contributed by atoms with Crippen molar-refractivity contribution in [3.63, 3.8) is 0 Å². The normalized spacial score (nSPS) is 22.9. The van der Waals surface area contributed by atoms with Gasteiger partial charge in [0.05, 0.1) is 0 Å². The highest BCUT2D eigenvalue weighted by atomic mass is 79.9. The van der Waals surface area contributed by atoms with Crippen LogP contribution in [0.25, 0.3) is 0 Å². The molecule has 1 saturated heterocycles. The Kier molecular flexibility index (Phi) is 6.53. The molecule has 0 spiro atoms. The first-order chi connectivity index (χ1) is 9.70. The first-order valence-electron chi connectivity index (χ1n) is 7.74. The van der Waals surface area contributed by atoms with Crippen LogP contribution in [0.2, 0.25) is 0 Å². The van der Waals surface area contributed by atoms with Gasteiger partial charge in [-0.3, -0.25) is 4.90 Å². The fraction of sp³-hybridized carbons (Fsp3) is 0.647. The first kappa shape index (κ1) is 16.0. The topological polar surface area (TPSA) is 6.48 Å². The van der Waals surface area contributed by atoms with Crippen molar-refractivity contribution in [2.75, 3.05) is 38.6 Å². The van der Waals surface area contributed by atoms with Gasteiger partial charge in [-0.15, -0.1) is 0 Å². The Labute approximate surface area is 132 Å². The van der Waals surface area contributed by atoms with Crippen LogP contribution in [0.15, 0.2) is 30.3 Å². The van der Waals surface area contributed by atoms with Crippen molar-refractivity contribution in [2.24, 2.45) is 5.92 Å². The summed E-state index contributed by atoms with van der Waals surface area (Å²) in [5.41, 5.74) is 1.46. The van der Waals surface area contributed by atoms with E-state index in [1.165, 1.54) is 38.0 Å². The maximum atomic E-state index is 3.55. The lowest BCUT2D eigenvalue weighted by atomic mass is 10.00. The lowest BCUT2D eigenvalue weighted by molar-refractivity contribution is 0.0848. The molecule has 112 valence electrons. The average Bonchev–Trinajstić information content (AvgIpc) is 2.47. The number of hydrogen-bond donors (Lipinski definition) is 0. The summed E-state index contributed by atoms with van der Waals surface area (Å²) in [5, 5.41) is 1.12. The quantitative estimate of drug-likeness (QED) is 0.728. The van der Waals surface area contributed by atoms with Crippen molar-refractivity contribution in [2.45, 2.75) is 25.8 Å². The number of piperazine rings is 1. The zero-order valence-corrected chi connectivity index (χ0v) is 14.3. The molecule has 2 unspecified atom stereocenters. The van der Waals surface area contributed by atoms with Crippen LogP contribution in [-0.2, 0) is 0 Å². The van der Waals surface area contributed by atoms with Crippen LogP contribution >= 0.6 is 15.9 Å². The smallest absolute Gasteiger partial charge is 0.0475 e. The van der Waals surface area contributed by atoms with Crippen LogP contribution in [0.1, 0.15) is 31.4 Å². The molecule has 2 rings (SSSR count). The molecule has 1 heterocycles. The summed E-state index contributed by atoms with van der Waals surface area (Å²) in [6.45, 7) is 7.13. The van der Waals surface area contributed by atoms with E-state index >= 15 is 0 Å². The Morgan fingerprint density at radius 2 is 1.95 bits per heavy atom. The molecule has 2 atom stereocenters. The zero-order valence-electron chi connectivity index (χ0n) is 12.8. The summed E-state index contributed by atoms with van der Waals surface area (Å²) in [6, 6.07) is 11.5. The molecular formula is C17H27BrN2. The van der Waals surface area contributed by atoms with Gasteiger partial charge >= 0.3 is 0 Å². The summed E-state index contributed by atoms with van der Waals surface area (Å²) in [6.07, 6.45) is 2.59. The highest BCUT2D eigenvalue weighted by molar-refractivity contribution is 9.09. The first-order valence-corrected chi connectivity index (χ1v) is 8.86. The third-order valence-corrected chi connectivity index (χ3v) is 4.85. The van der Waals surface area contributed by atoms with Gasteiger partial charge in [0.2, 0.25) is 0 Å². The molecular weight excluding hydrogens is 312 g/mol. The van der Waals surface area contributed by atoms with Gasteiger partial charge in [0.15, 0.2) is 0 Å². The number of hydrogen-bond acceptors (Lipinski definition) is 2. The molecule has 0 saturated carbocycles. The van der Waals surface area contributed by atoms with E-state index < -0.39 is 0 Å². The number of halogens is 1. The number of rotatable bonds is 6. The van der Waals surface area contributed by atoms with Gasteiger partial charge in [0, 0.05) is 31.0 Å². The summed E-state index contributed by atoms with van der Waals surface area (Å²) in [4.78, 5) is 5.14. The minimum atomic E-state index is 0.561. The van der Waals surface area contributed by atoms with Crippen LogP contribution in [0.4, 0.5) is 0 Å². The van der Waals surface area contributed by atoms with E-state index in [0.717, 1.165) is 17.8 Å². The fourth-order valence-corrected chi connectivity index (χ4v) is 3.71. The monoisotopic (exact) mass is 338 g/mol. The second kappa shape index (κ2) is 8.16. The Bertz CT molecular complexity index is 382. The van der Waals surface area contributed by atoms with Gasteiger partial charge in [0.25, 0.3) is 0 Å². The predicted molar refractivity (Wildman–Crippen MR) is 90.4 cm³/mol. The molecule has 20 heavy (non-hydrogen) atoms. The van der Waals surface area contributed by atoms with Crippen LogP contribution < -0.4 is 0 Å². The maximum Gasteiger partial charge on any atom is 0.0475 e. The molecule has 3 heteroatoms. The van der Waals surface area contributed by atoms with Gasteiger partial charge in [-0.2, -0.15) is 0 Å². The van der Waals surface area contributed by atoms with Gasteiger partial charge in [-0.1, -0.05) is 53.2 Å². The Balaban J connectivity index is 1.98. The highest BCUT2D eigenvalue weighted by Gasteiger charge is 2.26.